The predicted octanol–water partition coefficient (Wildman–Crippen LogP) is 0.696. The third-order valence-corrected chi connectivity index (χ3v) is 2.31. The zero-order valence-electron chi connectivity index (χ0n) is 9.28. The first-order valence-electron chi connectivity index (χ1n) is 4.96. The molecule has 0 bridgehead atoms. The standard InChI is InChI=1S/C10H17N3O2/c1-6(2)8(11)4-12-10(14)9-7(3)13-5-15-9/h5-6,8H,4,11H2,1-3H3,(H,12,14). The molecule has 3 N–H and O–H groups in total. The molecule has 1 unspecified atom stereocenters. The monoisotopic (exact) mass is 211 g/mol. The minimum absolute atomic E-state index is 0.0443. The van der Waals surface area contributed by atoms with Gasteiger partial charge in [-0.05, 0) is 12.8 Å². The number of oxazole rings is 1. The summed E-state index contributed by atoms with van der Waals surface area (Å²) in [6.45, 7) is 6.18. The molecule has 0 saturated heterocycles. The molecule has 0 radical (unpaired) electrons. The summed E-state index contributed by atoms with van der Waals surface area (Å²) in [6, 6.07) is -0.0443. The summed E-state index contributed by atoms with van der Waals surface area (Å²) in [4.78, 5) is 15.4. The van der Waals surface area contributed by atoms with Gasteiger partial charge in [0.1, 0.15) is 0 Å². The van der Waals surface area contributed by atoms with E-state index in [2.05, 4.69) is 10.3 Å². The molecule has 5 heteroatoms. The van der Waals surface area contributed by atoms with Gasteiger partial charge in [0, 0.05) is 12.6 Å². The quantitative estimate of drug-likeness (QED) is 0.768. The Labute approximate surface area is 89.1 Å². The fourth-order valence-electron chi connectivity index (χ4n) is 1.05. The number of hydrogen-bond donors (Lipinski definition) is 2. The Hall–Kier alpha value is -1.36. The van der Waals surface area contributed by atoms with E-state index in [1.54, 1.807) is 6.92 Å². The number of amides is 1. The zero-order valence-corrected chi connectivity index (χ0v) is 9.28. The minimum Gasteiger partial charge on any atom is -0.438 e. The molecule has 1 amide bonds. The molecule has 0 aliphatic rings. The summed E-state index contributed by atoms with van der Waals surface area (Å²) in [6.07, 6.45) is 1.26. The van der Waals surface area contributed by atoms with Crippen LogP contribution in [0.4, 0.5) is 0 Å². The van der Waals surface area contributed by atoms with Crippen molar-refractivity contribution in [3.8, 4) is 0 Å². The van der Waals surface area contributed by atoms with Crippen LogP contribution in [0.3, 0.4) is 0 Å². The van der Waals surface area contributed by atoms with Crippen LogP contribution in [-0.4, -0.2) is 23.5 Å². The highest BCUT2D eigenvalue weighted by Crippen LogP contribution is 2.04. The van der Waals surface area contributed by atoms with Gasteiger partial charge in [0.2, 0.25) is 5.76 Å². The first-order chi connectivity index (χ1) is 7.02. The lowest BCUT2D eigenvalue weighted by molar-refractivity contribution is 0.0920. The molecule has 1 aromatic rings. The summed E-state index contributed by atoms with van der Waals surface area (Å²) in [7, 11) is 0. The van der Waals surface area contributed by atoms with E-state index in [0.717, 1.165) is 0 Å². The number of rotatable bonds is 4. The van der Waals surface area contributed by atoms with Gasteiger partial charge in [0.05, 0.1) is 5.69 Å². The highest BCUT2D eigenvalue weighted by molar-refractivity contribution is 5.92. The lowest BCUT2D eigenvalue weighted by atomic mass is 10.1. The first kappa shape index (κ1) is 11.7. The predicted molar refractivity (Wildman–Crippen MR) is 56.4 cm³/mol. The van der Waals surface area contributed by atoms with Gasteiger partial charge in [-0.3, -0.25) is 4.79 Å². The van der Waals surface area contributed by atoms with Crippen LogP contribution < -0.4 is 11.1 Å². The Kier molecular flexibility index (Phi) is 3.85. The largest absolute Gasteiger partial charge is 0.438 e. The van der Waals surface area contributed by atoms with Gasteiger partial charge in [-0.2, -0.15) is 0 Å². The molecular weight excluding hydrogens is 194 g/mol. The van der Waals surface area contributed by atoms with Crippen molar-refractivity contribution >= 4 is 5.91 Å². The van der Waals surface area contributed by atoms with Crippen molar-refractivity contribution in [3.63, 3.8) is 0 Å². The topological polar surface area (TPSA) is 81.2 Å². The van der Waals surface area contributed by atoms with E-state index in [1.165, 1.54) is 6.39 Å². The number of aromatic nitrogens is 1. The lowest BCUT2D eigenvalue weighted by Gasteiger charge is -2.15. The smallest absolute Gasteiger partial charge is 0.289 e. The lowest BCUT2D eigenvalue weighted by Crippen LogP contribution is -2.40. The summed E-state index contributed by atoms with van der Waals surface area (Å²) in [5, 5.41) is 2.71. The Bertz CT molecular complexity index is 333. The number of hydrogen-bond acceptors (Lipinski definition) is 4. The van der Waals surface area contributed by atoms with Gasteiger partial charge in [-0.25, -0.2) is 4.98 Å². The highest BCUT2D eigenvalue weighted by atomic mass is 16.3. The molecule has 1 heterocycles. The molecule has 1 aromatic heterocycles. The van der Waals surface area contributed by atoms with E-state index < -0.39 is 0 Å². The average molecular weight is 211 g/mol. The van der Waals surface area contributed by atoms with Crippen molar-refractivity contribution in [2.75, 3.05) is 6.54 Å². The summed E-state index contributed by atoms with van der Waals surface area (Å²) in [5.74, 6) is 0.327. The number of nitrogens with one attached hydrogen (secondary N) is 1. The van der Waals surface area contributed by atoms with Gasteiger partial charge in [0.25, 0.3) is 5.91 Å². The average Bonchev–Trinajstić information content (AvgIpc) is 2.60. The van der Waals surface area contributed by atoms with Gasteiger partial charge in [0.15, 0.2) is 6.39 Å². The van der Waals surface area contributed by atoms with Gasteiger partial charge >= 0.3 is 0 Å². The third-order valence-electron chi connectivity index (χ3n) is 2.31. The second kappa shape index (κ2) is 4.93. The van der Waals surface area contributed by atoms with Crippen LogP contribution in [0.5, 0.6) is 0 Å². The van der Waals surface area contributed by atoms with E-state index in [0.29, 0.717) is 18.2 Å². The van der Waals surface area contributed by atoms with E-state index >= 15 is 0 Å². The van der Waals surface area contributed by atoms with Crippen LogP contribution in [0.25, 0.3) is 0 Å². The van der Waals surface area contributed by atoms with Crippen molar-refractivity contribution in [2.24, 2.45) is 11.7 Å². The van der Waals surface area contributed by atoms with Gasteiger partial charge < -0.3 is 15.5 Å². The summed E-state index contributed by atoms with van der Waals surface area (Å²) < 4.78 is 4.95. The summed E-state index contributed by atoms with van der Waals surface area (Å²) in [5.41, 5.74) is 6.38. The fraction of sp³-hybridized carbons (Fsp3) is 0.600. The number of carbonyl (C=O) groups is 1. The van der Waals surface area contributed by atoms with Crippen LogP contribution in [0, 0.1) is 12.8 Å². The molecule has 0 saturated carbocycles. The Morgan fingerprint density at radius 1 is 1.67 bits per heavy atom. The first-order valence-corrected chi connectivity index (χ1v) is 4.96. The molecule has 0 aliphatic carbocycles. The van der Waals surface area contributed by atoms with Gasteiger partial charge in [-0.1, -0.05) is 13.8 Å². The maximum absolute atomic E-state index is 11.6. The fourth-order valence-corrected chi connectivity index (χ4v) is 1.05. The molecule has 84 valence electrons. The second-order valence-electron chi connectivity index (χ2n) is 3.88. The minimum atomic E-state index is -0.263. The van der Waals surface area contributed by atoms with Crippen LogP contribution in [0.15, 0.2) is 10.8 Å². The van der Waals surface area contributed by atoms with E-state index in [9.17, 15) is 4.79 Å². The Morgan fingerprint density at radius 2 is 2.33 bits per heavy atom. The second-order valence-corrected chi connectivity index (χ2v) is 3.88. The van der Waals surface area contributed by atoms with Crippen molar-refractivity contribution in [1.82, 2.24) is 10.3 Å². The summed E-state index contributed by atoms with van der Waals surface area (Å²) >= 11 is 0. The van der Waals surface area contributed by atoms with Crippen LogP contribution in [0.2, 0.25) is 0 Å². The number of nitrogens with two attached hydrogens (primary N) is 1. The molecule has 0 spiro atoms. The molecule has 15 heavy (non-hydrogen) atoms. The number of aryl methyl sites for hydroxylation is 1. The van der Waals surface area contributed by atoms with Crippen LogP contribution in [0.1, 0.15) is 30.1 Å². The van der Waals surface area contributed by atoms with Crippen molar-refractivity contribution in [2.45, 2.75) is 26.8 Å². The number of nitrogens with zero attached hydrogens (tertiary/aromatic N) is 1. The van der Waals surface area contributed by atoms with Crippen LogP contribution >= 0.6 is 0 Å². The molecular formula is C10H17N3O2. The molecule has 0 aromatic carbocycles. The van der Waals surface area contributed by atoms with Crippen LogP contribution in [-0.2, 0) is 0 Å². The SMILES string of the molecule is Cc1ncoc1C(=O)NCC(N)C(C)C. The highest BCUT2D eigenvalue weighted by Gasteiger charge is 2.15. The molecule has 0 fully saturated rings. The van der Waals surface area contributed by atoms with Crippen molar-refractivity contribution in [1.29, 1.82) is 0 Å². The van der Waals surface area contributed by atoms with Gasteiger partial charge in [-0.15, -0.1) is 0 Å². The number of carbonyl (C=O) groups excluding carboxylic acids is 1. The Morgan fingerprint density at radius 3 is 2.80 bits per heavy atom. The molecule has 0 aliphatic heterocycles. The maximum atomic E-state index is 11.6. The van der Waals surface area contributed by atoms with Crippen molar-refractivity contribution < 1.29 is 9.21 Å². The molecule has 1 rings (SSSR count). The van der Waals surface area contributed by atoms with E-state index in [4.69, 9.17) is 10.2 Å². The Balaban J connectivity index is 2.47. The maximum Gasteiger partial charge on any atom is 0.289 e. The normalized spacial score (nSPS) is 12.9. The van der Waals surface area contributed by atoms with E-state index in [-0.39, 0.29) is 17.7 Å². The molecule has 5 nitrogen and oxygen atoms in total. The van der Waals surface area contributed by atoms with Crippen molar-refractivity contribution in [3.05, 3.63) is 17.8 Å². The third kappa shape index (κ3) is 3.06. The van der Waals surface area contributed by atoms with E-state index in [1.807, 2.05) is 13.8 Å². The molecule has 1 atom stereocenters. The zero-order chi connectivity index (χ0) is 11.4.